The highest BCUT2D eigenvalue weighted by atomic mass is 35.5. The average molecular weight is 637 g/mol. The summed E-state index contributed by atoms with van der Waals surface area (Å²) < 4.78 is 51.2. The summed E-state index contributed by atoms with van der Waals surface area (Å²) in [5.74, 6) is 0.536. The van der Waals surface area contributed by atoms with Crippen LogP contribution >= 0.6 is 11.6 Å². The van der Waals surface area contributed by atoms with E-state index in [1.165, 1.54) is 23.1 Å². The quantitative estimate of drug-likeness (QED) is 0.167. The highest BCUT2D eigenvalue weighted by Crippen LogP contribution is 2.38. The van der Waals surface area contributed by atoms with Crippen LogP contribution in [0.15, 0.2) is 116 Å². The number of fused-ring (bicyclic) bond motifs is 2. The molecule has 1 unspecified atom stereocenters. The van der Waals surface area contributed by atoms with Gasteiger partial charge in [0.05, 0.1) is 28.3 Å². The molecule has 7 rings (SSSR count). The zero-order valence-electron chi connectivity index (χ0n) is 24.0. The fourth-order valence-corrected chi connectivity index (χ4v) is 5.67. The molecule has 0 saturated carbocycles. The number of nitrogens with zero attached hydrogens (tertiary/aromatic N) is 6. The predicted molar refractivity (Wildman–Crippen MR) is 171 cm³/mol. The van der Waals surface area contributed by atoms with Crippen LogP contribution in [-0.2, 0) is 12.9 Å². The highest BCUT2D eigenvalue weighted by molar-refractivity contribution is 6.31. The lowest BCUT2D eigenvalue weighted by Crippen LogP contribution is -2.14. The molecule has 3 heterocycles. The Morgan fingerprint density at radius 1 is 0.826 bits per heavy atom. The maximum Gasteiger partial charge on any atom is 0.416 e. The molecule has 0 aliphatic rings. The van der Waals surface area contributed by atoms with Gasteiger partial charge in [0.2, 0.25) is 0 Å². The van der Waals surface area contributed by atoms with Gasteiger partial charge in [0.15, 0.2) is 6.73 Å². The smallest absolute Gasteiger partial charge is 0.416 e. The summed E-state index contributed by atoms with van der Waals surface area (Å²) in [6.07, 6.45) is 2.63. The lowest BCUT2D eigenvalue weighted by molar-refractivity contribution is -0.137. The summed E-state index contributed by atoms with van der Waals surface area (Å²) >= 11 is 6.17. The van der Waals surface area contributed by atoms with Crippen LogP contribution in [0.1, 0.15) is 34.0 Å². The lowest BCUT2D eigenvalue weighted by atomic mass is 9.95. The molecule has 3 aromatic heterocycles. The third-order valence-corrected chi connectivity index (χ3v) is 7.84. The fourth-order valence-electron chi connectivity index (χ4n) is 5.50. The Morgan fingerprint density at radius 2 is 1.63 bits per heavy atom. The van der Waals surface area contributed by atoms with Crippen molar-refractivity contribution in [1.29, 1.82) is 0 Å². The Balaban J connectivity index is 1.31. The van der Waals surface area contributed by atoms with E-state index < -0.39 is 17.8 Å². The van der Waals surface area contributed by atoms with Crippen LogP contribution in [0.25, 0.3) is 34.0 Å². The van der Waals surface area contributed by atoms with Crippen LogP contribution < -0.4 is 4.74 Å². The Kier molecular flexibility index (Phi) is 7.71. The van der Waals surface area contributed by atoms with E-state index >= 15 is 0 Å². The average Bonchev–Trinajstić information content (AvgIpc) is 3.74. The maximum atomic E-state index is 13.9. The number of halogens is 4. The summed E-state index contributed by atoms with van der Waals surface area (Å²) in [5.41, 5.74) is 3.64. The fraction of sp³-hybridized carbons (Fsp3) is 0.0857. The predicted octanol–water partition coefficient (Wildman–Crippen LogP) is 8.69. The van der Waals surface area contributed by atoms with Crippen LogP contribution in [0.2, 0.25) is 5.02 Å². The van der Waals surface area contributed by atoms with Crippen molar-refractivity contribution >= 4 is 45.6 Å². The van der Waals surface area contributed by atoms with E-state index in [0.29, 0.717) is 16.3 Å². The van der Waals surface area contributed by atoms with Crippen molar-refractivity contribution in [3.63, 3.8) is 0 Å². The summed E-state index contributed by atoms with van der Waals surface area (Å²) in [4.78, 5) is 4.70. The molecule has 4 aromatic carbocycles. The minimum atomic E-state index is -4.50. The molecule has 7 nitrogen and oxygen atoms in total. The first-order valence-electron chi connectivity index (χ1n) is 14.3. The summed E-state index contributed by atoms with van der Waals surface area (Å²) in [5, 5.41) is 13.6. The Labute approximate surface area is 266 Å². The number of hydrogen-bond acceptors (Lipinski definition) is 5. The van der Waals surface area contributed by atoms with Crippen molar-refractivity contribution in [2.24, 2.45) is 0 Å². The van der Waals surface area contributed by atoms with Gasteiger partial charge in [0.1, 0.15) is 12.1 Å². The number of hydrogen-bond donors (Lipinski definition) is 0. The number of ether oxygens (including phenoxy) is 1. The molecular formula is C35H24ClF3N6O. The van der Waals surface area contributed by atoms with Gasteiger partial charge >= 0.3 is 6.18 Å². The molecule has 0 N–H and O–H groups in total. The van der Waals surface area contributed by atoms with Gasteiger partial charge in [-0.1, -0.05) is 72.3 Å². The topological polar surface area (TPSA) is 70.7 Å². The second-order valence-corrected chi connectivity index (χ2v) is 11.1. The van der Waals surface area contributed by atoms with E-state index in [1.807, 2.05) is 102 Å². The van der Waals surface area contributed by atoms with Crippen molar-refractivity contribution < 1.29 is 17.9 Å². The molecule has 0 aliphatic carbocycles. The van der Waals surface area contributed by atoms with Gasteiger partial charge in [-0.3, -0.25) is 0 Å². The molecule has 0 aliphatic heterocycles. The van der Waals surface area contributed by atoms with Gasteiger partial charge in [-0.25, -0.2) is 4.98 Å². The van der Waals surface area contributed by atoms with Crippen molar-refractivity contribution in [3.05, 3.63) is 149 Å². The number of pyridine rings is 1. The molecule has 228 valence electrons. The Morgan fingerprint density at radius 3 is 2.46 bits per heavy atom. The second-order valence-electron chi connectivity index (χ2n) is 10.6. The number of rotatable bonds is 8. The normalized spacial score (nSPS) is 12.7. The molecule has 7 aromatic rings. The van der Waals surface area contributed by atoms with E-state index in [4.69, 9.17) is 21.3 Å². The zero-order valence-corrected chi connectivity index (χ0v) is 24.8. The number of alkyl halides is 3. The summed E-state index contributed by atoms with van der Waals surface area (Å²) in [6, 6.07) is 29.5. The van der Waals surface area contributed by atoms with Gasteiger partial charge < -0.3 is 9.30 Å². The molecule has 0 amide bonds. The van der Waals surface area contributed by atoms with Crippen LogP contribution in [-0.4, -0.2) is 29.8 Å². The highest BCUT2D eigenvalue weighted by Gasteiger charge is 2.31. The van der Waals surface area contributed by atoms with E-state index in [0.717, 1.165) is 44.7 Å². The zero-order chi connectivity index (χ0) is 31.7. The minimum absolute atomic E-state index is 0.0564. The molecule has 0 spiro atoms. The molecule has 0 bridgehead atoms. The first-order chi connectivity index (χ1) is 22.3. The largest absolute Gasteiger partial charge is 0.469 e. The van der Waals surface area contributed by atoms with Gasteiger partial charge in [-0.2, -0.15) is 17.9 Å². The van der Waals surface area contributed by atoms with Crippen molar-refractivity contribution in [3.8, 4) is 5.75 Å². The van der Waals surface area contributed by atoms with Crippen LogP contribution in [0.4, 0.5) is 13.2 Å². The third kappa shape index (κ3) is 6.07. The standard InChI is InChI=1S/C35H24ClF3N6O/c36-29-13-11-24-12-15-30(41-31(24)20-29)14-10-23-4-1-6-26(18-23)33(27-7-2-8-28(19-27)35(37,38)39)45-17-16-25-5-3-9-32(34(25)45)46-22-44-21-40-42-43-44/h1-21,33H,22H2/b14-10+. The number of para-hydroxylation sites is 1. The molecular weight excluding hydrogens is 613 g/mol. The summed E-state index contributed by atoms with van der Waals surface area (Å²) in [6.45, 7) is 0.0564. The molecule has 11 heteroatoms. The maximum absolute atomic E-state index is 13.9. The lowest BCUT2D eigenvalue weighted by Gasteiger charge is -2.24. The number of tetrazole rings is 1. The van der Waals surface area contributed by atoms with Gasteiger partial charge in [0, 0.05) is 22.0 Å². The SMILES string of the molecule is FC(F)(F)c1cccc(C(c2cccc(/C=C/c3ccc4ccc(Cl)cc4n3)c2)n2ccc3cccc(OCn4cnnn4)c32)c1. The van der Waals surface area contributed by atoms with Gasteiger partial charge in [0.25, 0.3) is 0 Å². The van der Waals surface area contributed by atoms with Crippen molar-refractivity contribution in [2.45, 2.75) is 18.9 Å². The number of aromatic nitrogens is 6. The van der Waals surface area contributed by atoms with Crippen molar-refractivity contribution in [1.82, 2.24) is 29.8 Å². The first-order valence-corrected chi connectivity index (χ1v) is 14.6. The third-order valence-electron chi connectivity index (χ3n) is 7.60. The Hall–Kier alpha value is -5.48. The first kappa shape index (κ1) is 29.2. The molecule has 46 heavy (non-hydrogen) atoms. The monoisotopic (exact) mass is 636 g/mol. The van der Waals surface area contributed by atoms with Crippen molar-refractivity contribution in [2.75, 3.05) is 0 Å². The van der Waals surface area contributed by atoms with Crippen LogP contribution in [0, 0.1) is 0 Å². The second kappa shape index (κ2) is 12.1. The molecule has 1 atom stereocenters. The number of benzene rings is 4. The van der Waals surface area contributed by atoms with E-state index in [2.05, 4.69) is 15.5 Å². The van der Waals surface area contributed by atoms with Gasteiger partial charge in [-0.15, -0.1) is 5.10 Å². The molecule has 0 saturated heterocycles. The van der Waals surface area contributed by atoms with Gasteiger partial charge in [-0.05, 0) is 81.7 Å². The van der Waals surface area contributed by atoms with Crippen LogP contribution in [0.3, 0.4) is 0 Å². The summed E-state index contributed by atoms with van der Waals surface area (Å²) in [7, 11) is 0. The minimum Gasteiger partial charge on any atom is -0.469 e. The molecule has 0 fully saturated rings. The van der Waals surface area contributed by atoms with Crippen LogP contribution in [0.5, 0.6) is 5.75 Å². The van der Waals surface area contributed by atoms with E-state index in [9.17, 15) is 13.2 Å². The van der Waals surface area contributed by atoms with E-state index in [1.54, 1.807) is 6.07 Å². The molecule has 0 radical (unpaired) electrons. The Bertz CT molecular complexity index is 2190. The van der Waals surface area contributed by atoms with E-state index in [-0.39, 0.29) is 6.73 Å².